The van der Waals surface area contributed by atoms with E-state index in [1.807, 2.05) is 0 Å². The maximum Gasteiger partial charge on any atom is 0.121 e. The van der Waals surface area contributed by atoms with Gasteiger partial charge in [0.25, 0.3) is 0 Å². The summed E-state index contributed by atoms with van der Waals surface area (Å²) >= 11 is 6.04. The van der Waals surface area contributed by atoms with Gasteiger partial charge in [0.2, 0.25) is 0 Å². The van der Waals surface area contributed by atoms with Gasteiger partial charge in [0.05, 0.1) is 22.3 Å². The molecule has 0 amide bonds. The summed E-state index contributed by atoms with van der Waals surface area (Å²) in [4.78, 5) is 8.24. The van der Waals surface area contributed by atoms with Gasteiger partial charge in [-0.1, -0.05) is 11.6 Å². The number of aromatic nitrogens is 1. The molecule has 2 heterocycles. The third kappa shape index (κ3) is 1.23. The third-order valence-corrected chi connectivity index (χ3v) is 2.79. The molecule has 2 aliphatic rings. The van der Waals surface area contributed by atoms with Gasteiger partial charge in [0, 0.05) is 11.4 Å². The number of nitrogens with zero attached hydrogens (tertiary/aromatic N) is 2. The average Bonchev–Trinajstić information content (AvgIpc) is 2.56. The highest BCUT2D eigenvalue weighted by molar-refractivity contribution is 6.30. The molecule has 1 aromatic rings. The molecule has 2 nitrogen and oxygen atoms in total. The predicted octanol–water partition coefficient (Wildman–Crippen LogP) is 1.66. The van der Waals surface area contributed by atoms with Crippen LogP contribution in [0.25, 0.3) is 5.57 Å². The number of pyridine rings is 1. The van der Waals surface area contributed by atoms with Crippen molar-refractivity contribution in [1.82, 2.24) is 4.98 Å². The molecule has 1 aliphatic heterocycles. The van der Waals surface area contributed by atoms with Crippen LogP contribution >= 0.6 is 11.6 Å². The molecule has 3 rings (SSSR count). The number of hydrogen-bond donors (Lipinski definition) is 0. The fourth-order valence-electron chi connectivity index (χ4n) is 1.85. The molecule has 0 fully saturated rings. The van der Waals surface area contributed by atoms with E-state index >= 15 is 0 Å². The summed E-state index contributed by atoms with van der Waals surface area (Å²) in [6.07, 6.45) is 6.72. The van der Waals surface area contributed by atoms with Crippen molar-refractivity contribution in [2.24, 2.45) is 4.99 Å². The molecule has 0 saturated carbocycles. The van der Waals surface area contributed by atoms with E-state index in [4.69, 9.17) is 11.6 Å². The largest absolute Gasteiger partial charge is 0.261 e. The van der Waals surface area contributed by atoms with Gasteiger partial charge in [-0.3, -0.25) is 4.98 Å². The van der Waals surface area contributed by atoms with E-state index in [-0.39, 0.29) is 5.83 Å². The standard InChI is InChI=1S/C11H6ClFN2/c12-8-4-14-5-10-11(8)7-2-1-6(13)3-9(7)15-10/h1,3-5H,2H2. The third-order valence-electron chi connectivity index (χ3n) is 2.51. The number of hydrogen-bond acceptors (Lipinski definition) is 2. The van der Waals surface area contributed by atoms with Crippen LogP contribution in [0.3, 0.4) is 0 Å². The Hall–Kier alpha value is -1.48. The van der Waals surface area contributed by atoms with Crippen LogP contribution in [0.2, 0.25) is 5.02 Å². The number of rotatable bonds is 0. The van der Waals surface area contributed by atoms with Crippen LogP contribution in [-0.2, 0) is 0 Å². The second kappa shape index (κ2) is 3.00. The topological polar surface area (TPSA) is 25.2 Å². The molecule has 0 N–H and O–H groups in total. The van der Waals surface area contributed by atoms with Crippen LogP contribution in [0, 0.1) is 0 Å². The van der Waals surface area contributed by atoms with Gasteiger partial charge >= 0.3 is 0 Å². The fourth-order valence-corrected chi connectivity index (χ4v) is 2.12. The van der Waals surface area contributed by atoms with Crippen molar-refractivity contribution in [3.8, 4) is 0 Å². The number of allylic oxidation sites excluding steroid dienone is 4. The second-order valence-electron chi connectivity index (χ2n) is 3.43. The zero-order valence-corrected chi connectivity index (χ0v) is 8.42. The monoisotopic (exact) mass is 220 g/mol. The van der Waals surface area contributed by atoms with Crippen LogP contribution in [0.4, 0.5) is 4.39 Å². The van der Waals surface area contributed by atoms with Crippen LogP contribution in [0.15, 0.2) is 41.1 Å². The van der Waals surface area contributed by atoms with Crippen molar-refractivity contribution >= 4 is 17.2 Å². The van der Waals surface area contributed by atoms with Gasteiger partial charge in [-0.15, -0.1) is 0 Å². The number of fused-ring (bicyclic) bond motifs is 2. The first-order valence-electron chi connectivity index (χ1n) is 4.55. The van der Waals surface area contributed by atoms with Gasteiger partial charge in [-0.05, 0) is 24.1 Å². The SMILES string of the molecule is FC1=CCC2=c3c(Cl)cncc3=NC2=C1. The fraction of sp³-hybridized carbons (Fsp3) is 0.0909. The highest BCUT2D eigenvalue weighted by atomic mass is 35.5. The molecule has 0 radical (unpaired) electrons. The first-order chi connectivity index (χ1) is 7.25. The van der Waals surface area contributed by atoms with Crippen LogP contribution in [0.1, 0.15) is 6.42 Å². The van der Waals surface area contributed by atoms with E-state index in [0.29, 0.717) is 17.1 Å². The van der Waals surface area contributed by atoms with Crippen LogP contribution < -0.4 is 10.6 Å². The molecule has 4 heteroatoms. The summed E-state index contributed by atoms with van der Waals surface area (Å²) < 4.78 is 13.0. The minimum Gasteiger partial charge on any atom is -0.261 e. The van der Waals surface area contributed by atoms with Crippen LogP contribution in [-0.4, -0.2) is 4.98 Å². The molecule has 74 valence electrons. The van der Waals surface area contributed by atoms with E-state index in [2.05, 4.69) is 9.98 Å². The lowest BCUT2D eigenvalue weighted by atomic mass is 10.0. The van der Waals surface area contributed by atoms with Gasteiger partial charge in [0.15, 0.2) is 0 Å². The average molecular weight is 221 g/mol. The normalized spacial score (nSPS) is 17.6. The summed E-state index contributed by atoms with van der Waals surface area (Å²) in [5.74, 6) is -0.241. The zero-order chi connectivity index (χ0) is 10.4. The van der Waals surface area contributed by atoms with Gasteiger partial charge in [-0.25, -0.2) is 9.38 Å². The molecule has 0 saturated heterocycles. The Morgan fingerprint density at radius 2 is 2.20 bits per heavy atom. The molecule has 1 aromatic heterocycles. The lowest BCUT2D eigenvalue weighted by molar-refractivity contribution is 0.659. The van der Waals surface area contributed by atoms with Crippen molar-refractivity contribution < 1.29 is 4.39 Å². The first kappa shape index (κ1) is 8.80. The lowest BCUT2D eigenvalue weighted by Gasteiger charge is -2.05. The van der Waals surface area contributed by atoms with E-state index in [0.717, 1.165) is 16.1 Å². The maximum absolute atomic E-state index is 13.0. The molecule has 1 aliphatic carbocycles. The van der Waals surface area contributed by atoms with Crippen molar-refractivity contribution in [2.75, 3.05) is 0 Å². The Morgan fingerprint density at radius 3 is 3.07 bits per heavy atom. The van der Waals surface area contributed by atoms with Crippen molar-refractivity contribution in [3.63, 3.8) is 0 Å². The summed E-state index contributed by atoms with van der Waals surface area (Å²) in [7, 11) is 0. The molecule has 0 atom stereocenters. The Balaban J connectivity index is 2.41. The molecule has 0 spiro atoms. The summed E-state index contributed by atoms with van der Waals surface area (Å²) in [5.41, 5.74) is 1.65. The molecule has 0 unspecified atom stereocenters. The van der Waals surface area contributed by atoms with Crippen molar-refractivity contribution in [1.29, 1.82) is 0 Å². The number of halogens is 2. The van der Waals surface area contributed by atoms with Gasteiger partial charge < -0.3 is 0 Å². The van der Waals surface area contributed by atoms with E-state index < -0.39 is 0 Å². The first-order valence-corrected chi connectivity index (χ1v) is 4.92. The predicted molar refractivity (Wildman–Crippen MR) is 55.3 cm³/mol. The summed E-state index contributed by atoms with van der Waals surface area (Å²) in [6.45, 7) is 0. The Labute approximate surface area is 90.1 Å². The van der Waals surface area contributed by atoms with E-state index in [9.17, 15) is 4.39 Å². The Morgan fingerprint density at radius 1 is 1.33 bits per heavy atom. The minimum absolute atomic E-state index is 0.241. The summed E-state index contributed by atoms with van der Waals surface area (Å²) in [6, 6.07) is 0. The maximum atomic E-state index is 13.0. The molecular formula is C11H6ClFN2. The lowest BCUT2D eigenvalue weighted by Crippen LogP contribution is -2.24. The van der Waals surface area contributed by atoms with Gasteiger partial charge in [-0.2, -0.15) is 0 Å². The Kier molecular flexibility index (Phi) is 1.76. The molecule has 0 aromatic carbocycles. The smallest absolute Gasteiger partial charge is 0.121 e. The highest BCUT2D eigenvalue weighted by Gasteiger charge is 2.17. The molecular weight excluding hydrogens is 215 g/mol. The highest BCUT2D eigenvalue weighted by Crippen LogP contribution is 2.26. The van der Waals surface area contributed by atoms with E-state index in [1.165, 1.54) is 12.2 Å². The Bertz CT molecular complexity index is 628. The van der Waals surface area contributed by atoms with Crippen molar-refractivity contribution in [3.05, 3.63) is 51.7 Å². The van der Waals surface area contributed by atoms with Gasteiger partial charge in [0.1, 0.15) is 5.83 Å². The van der Waals surface area contributed by atoms with Crippen molar-refractivity contribution in [2.45, 2.75) is 6.42 Å². The summed E-state index contributed by atoms with van der Waals surface area (Å²) in [5, 5.41) is 2.19. The minimum atomic E-state index is -0.241. The van der Waals surface area contributed by atoms with E-state index in [1.54, 1.807) is 12.4 Å². The zero-order valence-electron chi connectivity index (χ0n) is 7.67. The quantitative estimate of drug-likeness (QED) is 0.653. The van der Waals surface area contributed by atoms with Crippen LogP contribution in [0.5, 0.6) is 0 Å². The molecule has 0 bridgehead atoms. The molecule has 15 heavy (non-hydrogen) atoms. The second-order valence-corrected chi connectivity index (χ2v) is 3.84.